The van der Waals surface area contributed by atoms with Crippen LogP contribution in [0.15, 0.2) is 30.3 Å². The lowest BCUT2D eigenvalue weighted by molar-refractivity contribution is 0.312. The zero-order chi connectivity index (χ0) is 13.4. The van der Waals surface area contributed by atoms with Crippen LogP contribution in [0.1, 0.15) is 19.4 Å². The van der Waals surface area contributed by atoms with Crippen molar-refractivity contribution in [3.8, 4) is 0 Å². The van der Waals surface area contributed by atoms with Crippen LogP contribution in [0.2, 0.25) is 0 Å². The second-order valence-electron chi connectivity index (χ2n) is 5.48. The van der Waals surface area contributed by atoms with Crippen molar-refractivity contribution in [2.75, 3.05) is 27.2 Å². The molecule has 0 aromatic heterocycles. The van der Waals surface area contributed by atoms with Crippen molar-refractivity contribution in [2.45, 2.75) is 26.3 Å². The van der Waals surface area contributed by atoms with Gasteiger partial charge in [0.05, 0.1) is 0 Å². The molecule has 18 heavy (non-hydrogen) atoms. The molecule has 0 fully saturated rings. The molecule has 0 saturated heterocycles. The van der Waals surface area contributed by atoms with Crippen molar-refractivity contribution in [1.29, 1.82) is 0 Å². The van der Waals surface area contributed by atoms with E-state index in [1.54, 1.807) is 0 Å². The highest BCUT2D eigenvalue weighted by molar-refractivity contribution is 5.15. The van der Waals surface area contributed by atoms with Crippen LogP contribution in [0.25, 0.3) is 0 Å². The van der Waals surface area contributed by atoms with Gasteiger partial charge in [-0.25, -0.2) is 0 Å². The van der Waals surface area contributed by atoms with E-state index in [1.807, 2.05) is 0 Å². The second kappa shape index (κ2) is 8.25. The average molecular weight is 249 g/mol. The molecule has 0 spiro atoms. The minimum atomic E-state index is 0.443. The molecule has 0 radical (unpaired) electrons. The minimum Gasteiger partial charge on any atom is -0.309 e. The maximum atomic E-state index is 3.37. The molecule has 2 N–H and O–H groups in total. The zero-order valence-corrected chi connectivity index (χ0v) is 12.1. The number of rotatable bonds is 8. The summed E-state index contributed by atoms with van der Waals surface area (Å²) in [5, 5.41) is 0. The van der Waals surface area contributed by atoms with Gasteiger partial charge in [-0.05, 0) is 38.9 Å². The number of hydrogen-bond donors (Lipinski definition) is 2. The van der Waals surface area contributed by atoms with E-state index in [1.165, 1.54) is 5.56 Å². The second-order valence-corrected chi connectivity index (χ2v) is 5.48. The number of nitrogens with zero attached hydrogens (tertiary/aromatic N) is 1. The van der Waals surface area contributed by atoms with Gasteiger partial charge in [0.25, 0.3) is 0 Å². The van der Waals surface area contributed by atoms with Gasteiger partial charge >= 0.3 is 0 Å². The molecule has 1 aromatic rings. The molecule has 1 rings (SSSR count). The summed E-state index contributed by atoms with van der Waals surface area (Å²) < 4.78 is 0. The molecule has 1 aromatic carbocycles. The Morgan fingerprint density at radius 1 is 1.11 bits per heavy atom. The van der Waals surface area contributed by atoms with Crippen molar-refractivity contribution < 1.29 is 0 Å². The first kappa shape index (κ1) is 15.2. The third-order valence-electron chi connectivity index (χ3n) is 2.86. The first-order valence-electron chi connectivity index (χ1n) is 6.75. The van der Waals surface area contributed by atoms with Gasteiger partial charge in [0, 0.05) is 19.1 Å². The Balaban J connectivity index is 2.16. The van der Waals surface area contributed by atoms with Crippen LogP contribution in [0.3, 0.4) is 0 Å². The van der Waals surface area contributed by atoms with Crippen molar-refractivity contribution in [2.24, 2.45) is 5.92 Å². The van der Waals surface area contributed by atoms with Gasteiger partial charge < -0.3 is 4.90 Å². The standard InChI is InChI=1S/C15H27N3/c1-13(12-18(3)4)11-16-17-14(2)10-15-8-6-5-7-9-15/h5-9,13-14,16-17H,10-12H2,1-4H3. The van der Waals surface area contributed by atoms with Gasteiger partial charge in [0.1, 0.15) is 0 Å². The topological polar surface area (TPSA) is 27.3 Å². The van der Waals surface area contributed by atoms with E-state index in [-0.39, 0.29) is 0 Å². The molecular weight excluding hydrogens is 222 g/mol. The molecule has 0 aliphatic carbocycles. The van der Waals surface area contributed by atoms with Gasteiger partial charge in [-0.3, -0.25) is 10.9 Å². The number of hydrazine groups is 1. The fourth-order valence-corrected chi connectivity index (χ4v) is 2.11. The molecular formula is C15H27N3. The first-order valence-corrected chi connectivity index (χ1v) is 6.75. The van der Waals surface area contributed by atoms with Crippen LogP contribution in [0, 0.1) is 5.92 Å². The van der Waals surface area contributed by atoms with Crippen LogP contribution in [-0.2, 0) is 6.42 Å². The van der Waals surface area contributed by atoms with E-state index in [2.05, 4.69) is 74.0 Å². The fraction of sp³-hybridized carbons (Fsp3) is 0.600. The van der Waals surface area contributed by atoms with Gasteiger partial charge in [0.2, 0.25) is 0 Å². The van der Waals surface area contributed by atoms with Gasteiger partial charge in [-0.1, -0.05) is 37.3 Å². The summed E-state index contributed by atoms with van der Waals surface area (Å²) in [5.74, 6) is 0.649. The van der Waals surface area contributed by atoms with E-state index in [9.17, 15) is 0 Å². The lowest BCUT2D eigenvalue weighted by Gasteiger charge is -2.20. The maximum absolute atomic E-state index is 3.37. The van der Waals surface area contributed by atoms with Crippen molar-refractivity contribution in [1.82, 2.24) is 15.8 Å². The molecule has 2 unspecified atom stereocenters. The summed E-state index contributed by atoms with van der Waals surface area (Å²) in [5.41, 5.74) is 8.08. The Morgan fingerprint density at radius 3 is 2.39 bits per heavy atom. The quantitative estimate of drug-likeness (QED) is 0.689. The Labute approximate surface area is 112 Å². The van der Waals surface area contributed by atoms with Crippen LogP contribution in [-0.4, -0.2) is 38.1 Å². The number of nitrogens with one attached hydrogen (secondary N) is 2. The monoisotopic (exact) mass is 249 g/mol. The normalized spacial score (nSPS) is 14.7. The Kier molecular flexibility index (Phi) is 6.94. The summed E-state index contributed by atoms with van der Waals surface area (Å²) in [7, 11) is 4.23. The lowest BCUT2D eigenvalue weighted by Crippen LogP contribution is -2.43. The van der Waals surface area contributed by atoms with E-state index in [0.29, 0.717) is 12.0 Å². The third kappa shape index (κ3) is 6.74. The Morgan fingerprint density at radius 2 is 1.78 bits per heavy atom. The zero-order valence-electron chi connectivity index (χ0n) is 12.1. The lowest BCUT2D eigenvalue weighted by atomic mass is 10.1. The highest BCUT2D eigenvalue weighted by Crippen LogP contribution is 2.02. The summed E-state index contributed by atoms with van der Waals surface area (Å²) in [6.07, 6.45) is 1.05. The first-order chi connectivity index (χ1) is 8.58. The molecule has 0 aliphatic rings. The summed E-state index contributed by atoms with van der Waals surface area (Å²) in [4.78, 5) is 2.22. The highest BCUT2D eigenvalue weighted by Gasteiger charge is 2.05. The predicted octanol–water partition coefficient (Wildman–Crippen LogP) is 1.91. The molecule has 3 heteroatoms. The smallest absolute Gasteiger partial charge is 0.0225 e. The molecule has 3 nitrogen and oxygen atoms in total. The van der Waals surface area contributed by atoms with Crippen LogP contribution < -0.4 is 10.9 Å². The van der Waals surface area contributed by atoms with Crippen molar-refractivity contribution >= 4 is 0 Å². The van der Waals surface area contributed by atoms with Gasteiger partial charge in [-0.15, -0.1) is 0 Å². The molecule has 0 heterocycles. The largest absolute Gasteiger partial charge is 0.309 e. The third-order valence-corrected chi connectivity index (χ3v) is 2.86. The van der Waals surface area contributed by atoms with Gasteiger partial charge in [0.15, 0.2) is 0 Å². The van der Waals surface area contributed by atoms with E-state index in [4.69, 9.17) is 0 Å². The SMILES string of the molecule is CC(CNNC(C)Cc1ccccc1)CN(C)C. The fourth-order valence-electron chi connectivity index (χ4n) is 2.11. The van der Waals surface area contributed by atoms with E-state index in [0.717, 1.165) is 19.5 Å². The maximum Gasteiger partial charge on any atom is 0.0225 e. The number of hydrogen-bond acceptors (Lipinski definition) is 3. The van der Waals surface area contributed by atoms with Crippen LogP contribution in [0.5, 0.6) is 0 Å². The summed E-state index contributed by atoms with van der Waals surface area (Å²) in [6, 6.07) is 11.0. The molecule has 2 atom stereocenters. The molecule has 102 valence electrons. The summed E-state index contributed by atoms with van der Waals surface area (Å²) in [6.45, 7) is 6.58. The van der Waals surface area contributed by atoms with E-state index >= 15 is 0 Å². The molecule has 0 amide bonds. The van der Waals surface area contributed by atoms with Crippen LogP contribution >= 0.6 is 0 Å². The Bertz CT molecular complexity index is 311. The molecule has 0 saturated carbocycles. The highest BCUT2D eigenvalue weighted by atomic mass is 15.4. The van der Waals surface area contributed by atoms with E-state index < -0.39 is 0 Å². The van der Waals surface area contributed by atoms with Gasteiger partial charge in [-0.2, -0.15) is 0 Å². The van der Waals surface area contributed by atoms with Crippen molar-refractivity contribution in [3.63, 3.8) is 0 Å². The minimum absolute atomic E-state index is 0.443. The van der Waals surface area contributed by atoms with Crippen LogP contribution in [0.4, 0.5) is 0 Å². The van der Waals surface area contributed by atoms with Crippen molar-refractivity contribution in [3.05, 3.63) is 35.9 Å². The molecule has 0 aliphatic heterocycles. The average Bonchev–Trinajstić information content (AvgIpc) is 2.29. The molecule has 0 bridgehead atoms. The summed E-state index contributed by atoms with van der Waals surface area (Å²) >= 11 is 0. The predicted molar refractivity (Wildman–Crippen MR) is 78.5 cm³/mol. The number of benzene rings is 1. The Hall–Kier alpha value is -0.900.